The van der Waals surface area contributed by atoms with Crippen LogP contribution in [0.25, 0.3) is 11.3 Å². The Labute approximate surface area is 233 Å². The summed E-state index contributed by atoms with van der Waals surface area (Å²) in [6.45, 7) is 8.22. The highest BCUT2D eigenvalue weighted by Gasteiger charge is 2.48. The van der Waals surface area contributed by atoms with E-state index in [1.807, 2.05) is 52.0 Å². The van der Waals surface area contributed by atoms with Crippen LogP contribution in [0.4, 0.5) is 10.5 Å². The zero-order valence-electron chi connectivity index (χ0n) is 23.1. The Morgan fingerprint density at radius 1 is 1.00 bits per heavy atom. The number of benzene rings is 2. The van der Waals surface area contributed by atoms with Crippen LogP contribution in [-0.2, 0) is 9.53 Å². The van der Waals surface area contributed by atoms with Gasteiger partial charge in [0.05, 0.1) is 11.6 Å². The van der Waals surface area contributed by atoms with E-state index in [-0.39, 0.29) is 23.4 Å². The number of carbonyl (C=O) groups is 3. The van der Waals surface area contributed by atoms with Crippen molar-refractivity contribution in [1.29, 1.82) is 0 Å². The summed E-state index contributed by atoms with van der Waals surface area (Å²) >= 11 is 0. The van der Waals surface area contributed by atoms with Crippen molar-refractivity contribution in [3.63, 3.8) is 0 Å². The van der Waals surface area contributed by atoms with Gasteiger partial charge in [-0.3, -0.25) is 14.5 Å². The lowest BCUT2D eigenvalue weighted by Crippen LogP contribution is -2.48. The van der Waals surface area contributed by atoms with Crippen LogP contribution in [0.5, 0.6) is 0 Å². The fourth-order valence-corrected chi connectivity index (χ4v) is 5.33. The number of rotatable bonds is 5. The Hall–Kier alpha value is -4.40. The second kappa shape index (κ2) is 10.6. The van der Waals surface area contributed by atoms with E-state index in [1.165, 1.54) is 11.2 Å². The third-order valence-electron chi connectivity index (χ3n) is 7.33. The number of anilines is 1. The molecule has 40 heavy (non-hydrogen) atoms. The molecule has 1 fully saturated rings. The third-order valence-corrected chi connectivity index (χ3v) is 7.33. The molecule has 0 bridgehead atoms. The topological polar surface area (TPSA) is 113 Å². The van der Waals surface area contributed by atoms with Gasteiger partial charge < -0.3 is 19.3 Å². The summed E-state index contributed by atoms with van der Waals surface area (Å²) in [6, 6.07) is 15.3. The Kier molecular flexibility index (Phi) is 7.23. The maximum Gasteiger partial charge on any atom is 0.410 e. The molecule has 2 aliphatic heterocycles. The van der Waals surface area contributed by atoms with Crippen molar-refractivity contribution in [3.8, 4) is 11.3 Å². The van der Waals surface area contributed by atoms with Gasteiger partial charge in [0.2, 0.25) is 0 Å². The molecular formula is C31H33N3O6. The molecule has 1 unspecified atom stereocenters. The molecule has 1 aromatic heterocycles. The number of likely N-dealkylation sites (tertiary alicyclic amines) is 1. The van der Waals surface area contributed by atoms with Gasteiger partial charge in [-0.05, 0) is 58.6 Å². The number of carbonyl (C=O) groups excluding carboxylic acids is 3. The van der Waals surface area contributed by atoms with Crippen LogP contribution in [0.2, 0.25) is 0 Å². The molecule has 9 nitrogen and oxygen atoms in total. The highest BCUT2D eigenvalue weighted by Crippen LogP contribution is 2.40. The van der Waals surface area contributed by atoms with Crippen molar-refractivity contribution in [2.45, 2.75) is 52.2 Å². The number of aliphatic hydroxyl groups excluding tert-OH is 1. The van der Waals surface area contributed by atoms with Crippen molar-refractivity contribution < 1.29 is 28.8 Å². The Bertz CT molecular complexity index is 1430. The molecular weight excluding hydrogens is 510 g/mol. The molecule has 1 N–H and O–H groups in total. The van der Waals surface area contributed by atoms with E-state index in [1.54, 1.807) is 35.2 Å². The normalized spacial score (nSPS) is 18.4. The number of nitrogens with zero attached hydrogens (tertiary/aromatic N) is 3. The fourth-order valence-electron chi connectivity index (χ4n) is 5.33. The number of piperidine rings is 1. The lowest BCUT2D eigenvalue weighted by molar-refractivity contribution is -0.117. The predicted octanol–water partition coefficient (Wildman–Crippen LogP) is 5.71. The van der Waals surface area contributed by atoms with Crippen LogP contribution >= 0.6 is 0 Å². The number of aromatic nitrogens is 1. The van der Waals surface area contributed by atoms with Gasteiger partial charge in [0.1, 0.15) is 17.6 Å². The summed E-state index contributed by atoms with van der Waals surface area (Å²) in [5.41, 5.74) is 2.89. The van der Waals surface area contributed by atoms with Crippen molar-refractivity contribution in [3.05, 3.63) is 83.3 Å². The minimum Gasteiger partial charge on any atom is -0.503 e. The SMILES string of the molecule is Cc1ccc(C(=O)C2=C(O)C(=O)N(c3ccc(-c4ccon4)cc3)C2C2CCN(C(=O)OC(C)(C)C)CC2)cc1. The number of ether oxygens (including phenoxy) is 1. The van der Waals surface area contributed by atoms with Crippen LogP contribution in [-0.4, -0.2) is 57.7 Å². The average molecular weight is 544 g/mol. The molecule has 3 heterocycles. The van der Waals surface area contributed by atoms with Gasteiger partial charge in [0.25, 0.3) is 5.91 Å². The first-order chi connectivity index (χ1) is 19.0. The lowest BCUT2D eigenvalue weighted by atomic mass is 9.82. The molecule has 2 amide bonds. The van der Waals surface area contributed by atoms with E-state index in [4.69, 9.17) is 9.26 Å². The number of aryl methyl sites for hydroxylation is 1. The number of aliphatic hydroxyl groups is 1. The molecule has 1 saturated heterocycles. The number of ketones is 1. The van der Waals surface area contributed by atoms with Gasteiger partial charge in [0, 0.05) is 36.0 Å². The Morgan fingerprint density at radius 3 is 2.23 bits per heavy atom. The minimum atomic E-state index is -0.694. The molecule has 0 radical (unpaired) electrons. The van der Waals surface area contributed by atoms with E-state index in [0.29, 0.717) is 42.9 Å². The molecule has 2 aliphatic rings. The van der Waals surface area contributed by atoms with Gasteiger partial charge in [-0.1, -0.05) is 47.1 Å². The highest BCUT2D eigenvalue weighted by molar-refractivity contribution is 6.20. The van der Waals surface area contributed by atoms with Crippen molar-refractivity contribution in [2.75, 3.05) is 18.0 Å². The molecule has 9 heteroatoms. The van der Waals surface area contributed by atoms with E-state index in [9.17, 15) is 19.5 Å². The van der Waals surface area contributed by atoms with Crippen LogP contribution in [0.3, 0.4) is 0 Å². The number of hydrogen-bond donors (Lipinski definition) is 1. The molecule has 3 aromatic rings. The molecule has 2 aromatic carbocycles. The second-order valence-electron chi connectivity index (χ2n) is 11.3. The molecule has 0 spiro atoms. The molecule has 208 valence electrons. The van der Waals surface area contributed by atoms with Crippen LogP contribution in [0.15, 0.2) is 76.7 Å². The van der Waals surface area contributed by atoms with E-state index >= 15 is 0 Å². The standard InChI is InChI=1S/C31H33N3O6/c1-19-5-7-22(8-6-19)27(35)25-26(21-13-16-33(17-14-21)30(38)40-31(2,3)4)34(29(37)28(25)36)23-11-9-20(10-12-23)24-15-18-39-32-24/h5-12,15,18,21,26,36H,13-14,16-17H2,1-4H3. The van der Waals surface area contributed by atoms with Gasteiger partial charge in [-0.2, -0.15) is 0 Å². The van der Waals surface area contributed by atoms with Gasteiger partial charge in [-0.25, -0.2) is 4.79 Å². The predicted molar refractivity (Wildman–Crippen MR) is 149 cm³/mol. The molecule has 1 atom stereocenters. The van der Waals surface area contributed by atoms with Crippen LogP contribution < -0.4 is 4.90 Å². The first-order valence-electron chi connectivity index (χ1n) is 13.4. The summed E-state index contributed by atoms with van der Waals surface area (Å²) in [7, 11) is 0. The quantitative estimate of drug-likeness (QED) is 0.410. The molecule has 0 aliphatic carbocycles. The number of Topliss-reactive ketones (excluding diaryl/α,β-unsaturated/α-hetero) is 1. The second-order valence-corrected chi connectivity index (χ2v) is 11.3. The summed E-state index contributed by atoms with van der Waals surface area (Å²) in [5.74, 6) is -1.71. The van der Waals surface area contributed by atoms with Crippen molar-refractivity contribution >= 4 is 23.5 Å². The average Bonchev–Trinajstić information content (AvgIpc) is 3.55. The maximum absolute atomic E-state index is 13.8. The maximum atomic E-state index is 13.8. The van der Waals surface area contributed by atoms with E-state index in [2.05, 4.69) is 5.16 Å². The number of amides is 2. The van der Waals surface area contributed by atoms with Gasteiger partial charge in [-0.15, -0.1) is 0 Å². The lowest BCUT2D eigenvalue weighted by Gasteiger charge is -2.39. The largest absolute Gasteiger partial charge is 0.503 e. The summed E-state index contributed by atoms with van der Waals surface area (Å²) in [6.07, 6.45) is 2.16. The molecule has 0 saturated carbocycles. The third kappa shape index (κ3) is 5.36. The van der Waals surface area contributed by atoms with E-state index < -0.39 is 23.3 Å². The zero-order valence-corrected chi connectivity index (χ0v) is 23.1. The van der Waals surface area contributed by atoms with Crippen molar-refractivity contribution in [1.82, 2.24) is 10.1 Å². The highest BCUT2D eigenvalue weighted by atomic mass is 16.6. The van der Waals surface area contributed by atoms with Crippen molar-refractivity contribution in [2.24, 2.45) is 5.92 Å². The van der Waals surface area contributed by atoms with Crippen LogP contribution in [0.1, 0.15) is 49.5 Å². The van der Waals surface area contributed by atoms with E-state index in [0.717, 1.165) is 11.1 Å². The summed E-state index contributed by atoms with van der Waals surface area (Å²) in [4.78, 5) is 43.2. The monoisotopic (exact) mass is 543 g/mol. The summed E-state index contributed by atoms with van der Waals surface area (Å²) < 4.78 is 10.5. The van der Waals surface area contributed by atoms with Crippen LogP contribution in [0, 0.1) is 12.8 Å². The first-order valence-corrected chi connectivity index (χ1v) is 13.4. The van der Waals surface area contributed by atoms with Gasteiger partial charge >= 0.3 is 6.09 Å². The first kappa shape index (κ1) is 27.2. The smallest absolute Gasteiger partial charge is 0.410 e. The summed E-state index contributed by atoms with van der Waals surface area (Å²) in [5, 5.41) is 15.1. The minimum absolute atomic E-state index is 0.0881. The molecule has 5 rings (SSSR count). The fraction of sp³-hybridized carbons (Fsp3) is 0.355. The zero-order chi connectivity index (χ0) is 28.6. The number of hydrogen-bond acceptors (Lipinski definition) is 7. The Balaban J connectivity index is 1.47. The van der Waals surface area contributed by atoms with Gasteiger partial charge in [0.15, 0.2) is 11.5 Å². The Morgan fingerprint density at radius 2 is 1.65 bits per heavy atom.